The summed E-state index contributed by atoms with van der Waals surface area (Å²) in [5, 5.41) is 0.134. The first-order valence-corrected chi connectivity index (χ1v) is 10.1. The summed E-state index contributed by atoms with van der Waals surface area (Å²) < 4.78 is 19.8. The Morgan fingerprint density at radius 1 is 1.29 bits per heavy atom. The average molecular weight is 428 g/mol. The summed E-state index contributed by atoms with van der Waals surface area (Å²) in [6.07, 6.45) is 4.81. The van der Waals surface area contributed by atoms with Gasteiger partial charge < -0.3 is 9.64 Å². The molecule has 2 saturated heterocycles. The molecule has 2 aliphatic heterocycles. The monoisotopic (exact) mass is 427 g/mol. The quantitative estimate of drug-likeness (QED) is 0.416. The van der Waals surface area contributed by atoms with Crippen LogP contribution in [0.5, 0.6) is 0 Å². The molecule has 2 atom stereocenters. The molecule has 0 N–H and O–H groups in total. The highest BCUT2D eigenvalue weighted by Gasteiger charge is 2.44. The number of hydrogen-bond acceptors (Lipinski definition) is 6. The van der Waals surface area contributed by atoms with Crippen molar-refractivity contribution in [2.75, 3.05) is 24.6 Å². The molecule has 0 spiro atoms. The highest BCUT2D eigenvalue weighted by molar-refractivity contribution is 6.30. The Hall–Kier alpha value is -1.93. The molecule has 7 nitrogen and oxygen atoms in total. The molecule has 4 heterocycles. The molecule has 2 fully saturated rings. The molecule has 0 aliphatic carbocycles. The fourth-order valence-corrected chi connectivity index (χ4v) is 4.29. The Morgan fingerprint density at radius 2 is 2.00 bits per heavy atom. The number of piperazine rings is 1. The topological polar surface area (TPSA) is 71.5 Å². The number of anilines is 1. The lowest BCUT2D eigenvalue weighted by molar-refractivity contribution is 0.0777. The van der Waals surface area contributed by atoms with Gasteiger partial charge in [0.25, 0.3) is 0 Å². The first-order chi connectivity index (χ1) is 13.5. The fraction of sp³-hybridized carbons (Fsp3) is 0.556. The van der Waals surface area contributed by atoms with Crippen LogP contribution in [0.3, 0.4) is 0 Å². The zero-order chi connectivity index (χ0) is 19.8. The summed E-state index contributed by atoms with van der Waals surface area (Å²) in [6.45, 7) is 3.61. The third-order valence-corrected chi connectivity index (χ3v) is 5.74. The van der Waals surface area contributed by atoms with Crippen LogP contribution in [0.4, 0.5) is 15.0 Å². The third kappa shape index (κ3) is 3.43. The molecule has 150 valence electrons. The lowest BCUT2D eigenvalue weighted by Crippen LogP contribution is -2.56. The summed E-state index contributed by atoms with van der Waals surface area (Å²) in [4.78, 5) is 28.5. The molecule has 1 amide bonds. The number of halogens is 3. The van der Waals surface area contributed by atoms with Crippen molar-refractivity contribution in [3.63, 3.8) is 0 Å². The first-order valence-electron chi connectivity index (χ1n) is 9.36. The molecule has 2 unspecified atom stereocenters. The number of nitrogens with zero attached hydrogens (tertiary/aromatic N) is 5. The Bertz CT molecular complexity index is 901. The molecule has 28 heavy (non-hydrogen) atoms. The lowest BCUT2D eigenvalue weighted by Gasteiger charge is -2.41. The van der Waals surface area contributed by atoms with Gasteiger partial charge in [-0.2, -0.15) is 4.98 Å². The van der Waals surface area contributed by atoms with Crippen molar-refractivity contribution in [1.82, 2.24) is 19.9 Å². The van der Waals surface area contributed by atoms with Gasteiger partial charge >= 0.3 is 6.09 Å². The van der Waals surface area contributed by atoms with Gasteiger partial charge in [-0.05, 0) is 30.9 Å². The number of hydrogen-bond donors (Lipinski definition) is 0. The van der Waals surface area contributed by atoms with Gasteiger partial charge in [-0.25, -0.2) is 19.2 Å². The van der Waals surface area contributed by atoms with Crippen molar-refractivity contribution in [3.8, 4) is 0 Å². The average Bonchev–Trinajstić information content (AvgIpc) is 2.94. The second-order valence-corrected chi connectivity index (χ2v) is 7.80. The number of unbranched alkanes of at least 4 members (excludes halogenated alkanes) is 1. The van der Waals surface area contributed by atoms with Crippen LogP contribution in [0.15, 0.2) is 6.20 Å². The summed E-state index contributed by atoms with van der Waals surface area (Å²) >= 11 is 11.8. The van der Waals surface area contributed by atoms with E-state index in [-0.39, 0.29) is 34.1 Å². The van der Waals surface area contributed by atoms with Gasteiger partial charge in [-0.1, -0.05) is 24.9 Å². The van der Waals surface area contributed by atoms with E-state index in [9.17, 15) is 9.18 Å². The second-order valence-electron chi connectivity index (χ2n) is 7.11. The van der Waals surface area contributed by atoms with E-state index in [1.54, 1.807) is 0 Å². The minimum Gasteiger partial charge on any atom is -0.449 e. The summed E-state index contributed by atoms with van der Waals surface area (Å²) in [7, 11) is 0. The molecule has 2 aliphatic rings. The van der Waals surface area contributed by atoms with Gasteiger partial charge in [0.15, 0.2) is 11.0 Å². The van der Waals surface area contributed by atoms with Gasteiger partial charge in [0.05, 0.1) is 24.1 Å². The smallest absolute Gasteiger partial charge is 0.410 e. The predicted octanol–water partition coefficient (Wildman–Crippen LogP) is 4.06. The largest absolute Gasteiger partial charge is 0.449 e. The molecule has 10 heteroatoms. The standard InChI is InChI=1S/C18H20Cl2FN5O2/c1-2-3-6-28-18(27)26-10-4-5-11(26)9-25(8-10)16-12-7-22-15(19)13(21)14(12)23-17(20)24-16/h7,10-11H,2-6,8-9H2,1H3. The summed E-state index contributed by atoms with van der Waals surface area (Å²) in [5.74, 6) is -0.209. The van der Waals surface area contributed by atoms with Gasteiger partial charge in [0, 0.05) is 19.3 Å². The molecular formula is C18H20Cl2FN5O2. The number of rotatable bonds is 4. The van der Waals surface area contributed by atoms with E-state index in [1.807, 2.05) is 9.80 Å². The Morgan fingerprint density at radius 3 is 2.68 bits per heavy atom. The molecular weight excluding hydrogens is 408 g/mol. The van der Waals surface area contributed by atoms with Gasteiger partial charge in [-0.3, -0.25) is 4.90 Å². The maximum Gasteiger partial charge on any atom is 0.410 e. The van der Waals surface area contributed by atoms with E-state index in [4.69, 9.17) is 27.9 Å². The van der Waals surface area contributed by atoms with Crippen LogP contribution in [-0.2, 0) is 4.74 Å². The van der Waals surface area contributed by atoms with Gasteiger partial charge in [0.1, 0.15) is 11.3 Å². The van der Waals surface area contributed by atoms with Crippen LogP contribution in [0.1, 0.15) is 32.6 Å². The highest BCUT2D eigenvalue weighted by atomic mass is 35.5. The second kappa shape index (κ2) is 7.83. The zero-order valence-corrected chi connectivity index (χ0v) is 16.9. The summed E-state index contributed by atoms with van der Waals surface area (Å²) in [5.41, 5.74) is 0.0451. The molecule has 0 radical (unpaired) electrons. The number of ether oxygens (including phenoxy) is 1. The zero-order valence-electron chi connectivity index (χ0n) is 15.4. The number of fused-ring (bicyclic) bond motifs is 3. The van der Waals surface area contributed by atoms with Crippen LogP contribution in [-0.4, -0.2) is 57.7 Å². The van der Waals surface area contributed by atoms with Gasteiger partial charge in [-0.15, -0.1) is 0 Å². The third-order valence-electron chi connectivity index (χ3n) is 5.31. The highest BCUT2D eigenvalue weighted by Crippen LogP contribution is 2.36. The van der Waals surface area contributed by atoms with Crippen LogP contribution in [0.2, 0.25) is 10.4 Å². The van der Waals surface area contributed by atoms with E-state index in [1.165, 1.54) is 6.20 Å². The molecule has 2 aromatic rings. The minimum atomic E-state index is -0.717. The first kappa shape index (κ1) is 19.4. The van der Waals surface area contributed by atoms with Crippen molar-refractivity contribution in [3.05, 3.63) is 22.5 Å². The van der Waals surface area contributed by atoms with Crippen LogP contribution >= 0.6 is 23.2 Å². The lowest BCUT2D eigenvalue weighted by atomic mass is 10.2. The van der Waals surface area contributed by atoms with Crippen molar-refractivity contribution in [2.45, 2.75) is 44.7 Å². The van der Waals surface area contributed by atoms with E-state index in [0.29, 0.717) is 30.9 Å². The maximum atomic E-state index is 14.4. The predicted molar refractivity (Wildman–Crippen MR) is 104 cm³/mol. The number of amides is 1. The number of pyridine rings is 1. The number of carbonyl (C=O) groups excluding carboxylic acids is 1. The van der Waals surface area contributed by atoms with Gasteiger partial charge in [0.2, 0.25) is 5.28 Å². The molecule has 2 aromatic heterocycles. The molecule has 0 aromatic carbocycles. The van der Waals surface area contributed by atoms with Crippen LogP contribution in [0.25, 0.3) is 10.9 Å². The molecule has 4 rings (SSSR count). The van der Waals surface area contributed by atoms with Crippen molar-refractivity contribution >= 4 is 46.0 Å². The van der Waals surface area contributed by atoms with Crippen molar-refractivity contribution < 1.29 is 13.9 Å². The SMILES string of the molecule is CCCCOC(=O)N1C2CCC1CN(c1nc(Cl)nc3c(F)c(Cl)ncc13)C2. The van der Waals surface area contributed by atoms with E-state index in [2.05, 4.69) is 21.9 Å². The van der Waals surface area contributed by atoms with Crippen molar-refractivity contribution in [2.24, 2.45) is 0 Å². The van der Waals surface area contributed by atoms with Crippen LogP contribution in [0, 0.1) is 5.82 Å². The van der Waals surface area contributed by atoms with Crippen LogP contribution < -0.4 is 4.90 Å². The minimum absolute atomic E-state index is 0.0155. The molecule has 0 saturated carbocycles. The Labute approximate surface area is 171 Å². The Kier molecular flexibility index (Phi) is 5.42. The number of carbonyl (C=O) groups is 1. The fourth-order valence-electron chi connectivity index (χ4n) is 3.99. The normalized spacial score (nSPS) is 21.4. The van der Waals surface area contributed by atoms with E-state index in [0.717, 1.165) is 25.7 Å². The Balaban J connectivity index is 1.60. The molecule has 2 bridgehead atoms. The van der Waals surface area contributed by atoms with E-state index < -0.39 is 5.82 Å². The number of aromatic nitrogens is 3. The van der Waals surface area contributed by atoms with E-state index >= 15 is 0 Å². The van der Waals surface area contributed by atoms with Crippen molar-refractivity contribution in [1.29, 1.82) is 0 Å². The summed E-state index contributed by atoms with van der Waals surface area (Å²) in [6, 6.07) is 0.0311. The maximum absolute atomic E-state index is 14.4.